The van der Waals surface area contributed by atoms with E-state index in [1.165, 1.54) is 16.0 Å². The Morgan fingerprint density at radius 3 is 2.31 bits per heavy atom. The van der Waals surface area contributed by atoms with Crippen LogP contribution >= 0.6 is 23.1 Å². The third-order valence-corrected chi connectivity index (χ3v) is 6.17. The van der Waals surface area contributed by atoms with E-state index in [0.717, 1.165) is 39.0 Å². The summed E-state index contributed by atoms with van der Waals surface area (Å²) in [4.78, 5) is 17.4. The van der Waals surface area contributed by atoms with Gasteiger partial charge in [0.25, 0.3) is 5.91 Å². The van der Waals surface area contributed by atoms with Crippen LogP contribution in [0, 0.1) is 5.41 Å². The van der Waals surface area contributed by atoms with Gasteiger partial charge in [-0.3, -0.25) is 15.1 Å². The predicted molar refractivity (Wildman–Crippen MR) is 104 cm³/mol. The van der Waals surface area contributed by atoms with E-state index in [2.05, 4.69) is 12.0 Å². The van der Waals surface area contributed by atoms with Crippen LogP contribution in [-0.4, -0.2) is 15.7 Å². The molecule has 0 saturated heterocycles. The Kier molecular flexibility index (Phi) is 4.65. The van der Waals surface area contributed by atoms with Gasteiger partial charge >= 0.3 is 0 Å². The summed E-state index contributed by atoms with van der Waals surface area (Å²) in [6, 6.07) is 15.8. The number of nitrogens with one attached hydrogen (secondary N) is 1. The molecular formula is C19H18N4OS2. The smallest absolute Gasteiger partial charge is 0.253 e. The fraction of sp³-hybridized carbons (Fsp3) is 0.211. The number of anilines is 2. The maximum absolute atomic E-state index is 13.2. The Morgan fingerprint density at radius 1 is 1.08 bits per heavy atom. The van der Waals surface area contributed by atoms with Gasteiger partial charge in [-0.2, -0.15) is 5.10 Å². The number of aryl methyl sites for hydroxylation is 1. The van der Waals surface area contributed by atoms with E-state index in [1.807, 2.05) is 48.5 Å². The van der Waals surface area contributed by atoms with Gasteiger partial charge in [0.1, 0.15) is 11.6 Å². The molecular weight excluding hydrogens is 364 g/mol. The van der Waals surface area contributed by atoms with Crippen LogP contribution in [0.15, 0.2) is 58.3 Å². The molecule has 0 spiro atoms. The van der Waals surface area contributed by atoms with Crippen molar-refractivity contribution in [1.29, 1.82) is 5.41 Å². The molecule has 7 heteroatoms. The highest BCUT2D eigenvalue weighted by atomic mass is 32.2. The van der Waals surface area contributed by atoms with Gasteiger partial charge in [-0.1, -0.05) is 54.3 Å². The highest BCUT2D eigenvalue weighted by molar-refractivity contribution is 7.99. The van der Waals surface area contributed by atoms with Gasteiger partial charge in [-0.15, -0.1) is 0 Å². The number of aromatic nitrogens is 2. The Bertz CT molecular complexity index is 979. The Morgan fingerprint density at radius 2 is 1.69 bits per heavy atom. The molecule has 1 N–H and O–H groups in total. The fourth-order valence-corrected chi connectivity index (χ4v) is 4.90. The number of carbonyl (C=O) groups is 1. The van der Waals surface area contributed by atoms with E-state index in [0.29, 0.717) is 4.80 Å². The zero-order chi connectivity index (χ0) is 18.1. The molecule has 3 aromatic rings. The van der Waals surface area contributed by atoms with Crippen molar-refractivity contribution in [3.63, 3.8) is 0 Å². The number of para-hydroxylation sites is 2. The summed E-state index contributed by atoms with van der Waals surface area (Å²) in [7, 11) is 0. The molecule has 4 rings (SSSR count). The van der Waals surface area contributed by atoms with Gasteiger partial charge < -0.3 is 0 Å². The van der Waals surface area contributed by atoms with Gasteiger partial charge in [0.2, 0.25) is 4.80 Å². The average Bonchev–Trinajstić information content (AvgIpc) is 2.98. The van der Waals surface area contributed by atoms with Crippen molar-refractivity contribution in [2.75, 3.05) is 4.90 Å². The third kappa shape index (κ3) is 3.08. The lowest BCUT2D eigenvalue weighted by atomic mass is 10.2. The monoisotopic (exact) mass is 382 g/mol. The van der Waals surface area contributed by atoms with Crippen LogP contribution < -0.4 is 9.70 Å². The molecule has 5 nitrogen and oxygen atoms in total. The second-order valence-corrected chi connectivity index (χ2v) is 8.12. The number of hydrogen-bond donors (Lipinski definition) is 1. The van der Waals surface area contributed by atoms with Crippen molar-refractivity contribution in [2.24, 2.45) is 0 Å². The van der Waals surface area contributed by atoms with Crippen LogP contribution in [0.1, 0.15) is 18.4 Å². The molecule has 2 aromatic carbocycles. The second-order valence-electron chi connectivity index (χ2n) is 5.98. The molecule has 132 valence electrons. The molecule has 2 heterocycles. The molecule has 0 aliphatic carbocycles. The molecule has 1 amide bonds. The first-order valence-electron chi connectivity index (χ1n) is 8.47. The first kappa shape index (κ1) is 17.1. The van der Waals surface area contributed by atoms with E-state index in [9.17, 15) is 4.79 Å². The van der Waals surface area contributed by atoms with Gasteiger partial charge in [-0.05, 0) is 30.7 Å². The van der Waals surface area contributed by atoms with Gasteiger partial charge in [0.05, 0.1) is 11.4 Å². The molecule has 0 fully saturated rings. The quantitative estimate of drug-likeness (QED) is 0.735. The zero-order valence-corrected chi connectivity index (χ0v) is 15.9. The Balaban J connectivity index is 1.71. The van der Waals surface area contributed by atoms with Crippen LogP contribution in [0.5, 0.6) is 0 Å². The zero-order valence-electron chi connectivity index (χ0n) is 14.3. The third-order valence-electron chi connectivity index (χ3n) is 4.11. The normalized spacial score (nSPS) is 12.6. The van der Waals surface area contributed by atoms with Crippen molar-refractivity contribution >= 4 is 40.4 Å². The minimum atomic E-state index is -0.0861. The standard InChI is InChI=1S/C19H18N4OS2/c1-2-7-17-21-22(19(20)26-17)12-18(24)23-13-8-3-5-10-15(13)25-16-11-6-4-9-14(16)23/h3-6,8-11,20H,2,7,12H2,1H3. The molecule has 0 radical (unpaired) electrons. The lowest BCUT2D eigenvalue weighted by Crippen LogP contribution is -2.34. The highest BCUT2D eigenvalue weighted by Crippen LogP contribution is 2.47. The fourth-order valence-electron chi connectivity index (χ4n) is 2.96. The minimum Gasteiger partial charge on any atom is -0.277 e. The van der Waals surface area contributed by atoms with E-state index in [1.54, 1.807) is 16.7 Å². The van der Waals surface area contributed by atoms with E-state index in [-0.39, 0.29) is 12.5 Å². The number of carbonyl (C=O) groups excluding carboxylic acids is 1. The average molecular weight is 383 g/mol. The van der Waals surface area contributed by atoms with Crippen LogP contribution in [0.25, 0.3) is 0 Å². The lowest BCUT2D eigenvalue weighted by Gasteiger charge is -2.30. The maximum atomic E-state index is 13.2. The van der Waals surface area contributed by atoms with Crippen LogP contribution in [0.2, 0.25) is 0 Å². The topological polar surface area (TPSA) is 62.0 Å². The van der Waals surface area contributed by atoms with Crippen LogP contribution in [-0.2, 0) is 17.8 Å². The maximum Gasteiger partial charge on any atom is 0.253 e. The number of benzene rings is 2. The lowest BCUT2D eigenvalue weighted by molar-refractivity contribution is -0.118. The summed E-state index contributed by atoms with van der Waals surface area (Å²) in [6.07, 6.45) is 1.81. The molecule has 1 aliphatic rings. The van der Waals surface area contributed by atoms with Crippen molar-refractivity contribution < 1.29 is 4.79 Å². The second kappa shape index (κ2) is 7.09. The molecule has 0 atom stereocenters. The molecule has 0 saturated carbocycles. The molecule has 0 unspecified atom stereocenters. The van der Waals surface area contributed by atoms with Gasteiger partial charge in [0, 0.05) is 16.2 Å². The number of amides is 1. The minimum absolute atomic E-state index is 0.0619. The summed E-state index contributed by atoms with van der Waals surface area (Å²) in [5.41, 5.74) is 1.77. The molecule has 1 aromatic heterocycles. The Labute approximate surface area is 159 Å². The summed E-state index contributed by atoms with van der Waals surface area (Å²) in [5.74, 6) is -0.0861. The summed E-state index contributed by atoms with van der Waals surface area (Å²) in [6.45, 7) is 2.14. The molecule has 1 aliphatic heterocycles. The Hall–Kier alpha value is -2.38. The SMILES string of the molecule is CCCc1nn(CC(=O)N2c3ccccc3Sc3ccccc32)c(=N)s1. The first-order chi connectivity index (χ1) is 12.7. The van der Waals surface area contributed by atoms with Gasteiger partial charge in [0.15, 0.2) is 0 Å². The van der Waals surface area contributed by atoms with Crippen molar-refractivity contribution in [3.8, 4) is 0 Å². The summed E-state index contributed by atoms with van der Waals surface area (Å²) >= 11 is 3.01. The first-order valence-corrected chi connectivity index (χ1v) is 10.1. The van der Waals surface area contributed by atoms with E-state index < -0.39 is 0 Å². The molecule has 26 heavy (non-hydrogen) atoms. The van der Waals surface area contributed by atoms with Crippen molar-refractivity contribution in [2.45, 2.75) is 36.1 Å². The van der Waals surface area contributed by atoms with E-state index >= 15 is 0 Å². The highest BCUT2D eigenvalue weighted by Gasteiger charge is 2.28. The predicted octanol–water partition coefficient (Wildman–Crippen LogP) is 4.21. The molecule has 0 bridgehead atoms. The number of rotatable bonds is 4. The van der Waals surface area contributed by atoms with E-state index in [4.69, 9.17) is 5.41 Å². The van der Waals surface area contributed by atoms with Crippen LogP contribution in [0.4, 0.5) is 11.4 Å². The number of nitrogens with zero attached hydrogens (tertiary/aromatic N) is 3. The van der Waals surface area contributed by atoms with Crippen molar-refractivity contribution in [1.82, 2.24) is 9.78 Å². The number of hydrogen-bond acceptors (Lipinski definition) is 5. The van der Waals surface area contributed by atoms with Crippen molar-refractivity contribution in [3.05, 3.63) is 58.3 Å². The number of fused-ring (bicyclic) bond motifs is 2. The van der Waals surface area contributed by atoms with Crippen LogP contribution in [0.3, 0.4) is 0 Å². The largest absolute Gasteiger partial charge is 0.277 e. The van der Waals surface area contributed by atoms with Gasteiger partial charge in [-0.25, -0.2) is 4.68 Å². The summed E-state index contributed by atoms with van der Waals surface area (Å²) in [5, 5.41) is 13.5. The summed E-state index contributed by atoms with van der Waals surface area (Å²) < 4.78 is 1.50.